The van der Waals surface area contributed by atoms with Gasteiger partial charge in [0.15, 0.2) is 0 Å². The number of benzene rings is 3. The summed E-state index contributed by atoms with van der Waals surface area (Å²) in [5.74, 6) is -1.50. The van der Waals surface area contributed by atoms with Gasteiger partial charge in [0.05, 0.1) is 23.7 Å². The van der Waals surface area contributed by atoms with Crippen LogP contribution in [0.5, 0.6) is 0 Å². The molecule has 176 valence electrons. The molecule has 0 bridgehead atoms. The van der Waals surface area contributed by atoms with E-state index in [0.29, 0.717) is 18.9 Å². The van der Waals surface area contributed by atoms with Crippen LogP contribution in [0.25, 0.3) is 21.8 Å². The lowest BCUT2D eigenvalue weighted by atomic mass is 10.1. The van der Waals surface area contributed by atoms with Gasteiger partial charge in [-0.05, 0) is 49.4 Å². The smallest absolute Gasteiger partial charge is 0.258 e. The van der Waals surface area contributed by atoms with Crippen molar-refractivity contribution in [2.45, 2.75) is 18.4 Å². The molecule has 1 aromatic heterocycles. The zero-order chi connectivity index (χ0) is 23.9. The first kappa shape index (κ1) is 22.5. The van der Waals surface area contributed by atoms with Crippen LogP contribution in [0, 0.1) is 5.82 Å². The number of aryl methyl sites for hydroxylation is 1. The first-order valence-electron chi connectivity index (χ1n) is 11.1. The van der Waals surface area contributed by atoms with Gasteiger partial charge >= 0.3 is 0 Å². The lowest BCUT2D eigenvalue weighted by Crippen LogP contribution is -2.40. The molecule has 1 fully saturated rings. The van der Waals surface area contributed by atoms with E-state index in [1.807, 2.05) is 36.4 Å². The first-order valence-corrected chi connectivity index (χ1v) is 12.5. The Bertz CT molecular complexity index is 1510. The second-order valence-corrected chi connectivity index (χ2v) is 10.0. The van der Waals surface area contributed by atoms with Crippen LogP contribution in [-0.2, 0) is 21.3 Å². The number of ether oxygens (including phenoxy) is 1. The van der Waals surface area contributed by atoms with Gasteiger partial charge in [-0.1, -0.05) is 18.2 Å². The van der Waals surface area contributed by atoms with Crippen molar-refractivity contribution in [3.63, 3.8) is 0 Å². The lowest BCUT2D eigenvalue weighted by molar-refractivity contribution is 0.0730. The maximum atomic E-state index is 14.6. The second-order valence-electron chi connectivity index (χ2n) is 8.11. The van der Waals surface area contributed by atoms with Crippen molar-refractivity contribution in [2.75, 3.05) is 31.6 Å². The van der Waals surface area contributed by atoms with Gasteiger partial charge in [0.2, 0.25) is 10.0 Å². The zero-order valence-corrected chi connectivity index (χ0v) is 19.4. The molecular weight excluding hydrogens is 457 g/mol. The van der Waals surface area contributed by atoms with Crippen LogP contribution in [0.2, 0.25) is 0 Å². The van der Waals surface area contributed by atoms with E-state index in [9.17, 15) is 17.6 Å². The number of rotatable bonds is 5. The molecule has 4 aromatic rings. The minimum Gasteiger partial charge on any atom is -0.379 e. The summed E-state index contributed by atoms with van der Waals surface area (Å²) in [5.41, 5.74) is 2.30. The van der Waals surface area contributed by atoms with Gasteiger partial charge in [0.1, 0.15) is 5.82 Å². The molecule has 0 saturated carbocycles. The first-order chi connectivity index (χ1) is 16.4. The van der Waals surface area contributed by atoms with E-state index in [4.69, 9.17) is 4.74 Å². The van der Waals surface area contributed by atoms with Gasteiger partial charge in [0.25, 0.3) is 5.91 Å². The number of fused-ring (bicyclic) bond motifs is 3. The highest BCUT2D eigenvalue weighted by molar-refractivity contribution is 7.89. The number of aromatic nitrogens is 1. The summed E-state index contributed by atoms with van der Waals surface area (Å²) in [6.07, 6.45) is 0. The van der Waals surface area contributed by atoms with Gasteiger partial charge in [-0.25, -0.2) is 12.8 Å². The number of para-hydroxylation sites is 1. The monoisotopic (exact) mass is 481 g/mol. The van der Waals surface area contributed by atoms with Gasteiger partial charge in [-0.2, -0.15) is 4.31 Å². The lowest BCUT2D eigenvalue weighted by Gasteiger charge is -2.26. The fourth-order valence-electron chi connectivity index (χ4n) is 4.45. The molecular formula is C25H24FN3O4S. The number of halogens is 1. The summed E-state index contributed by atoms with van der Waals surface area (Å²) in [7, 11) is -3.86. The van der Waals surface area contributed by atoms with E-state index in [-0.39, 0.29) is 23.5 Å². The highest BCUT2D eigenvalue weighted by Gasteiger charge is 2.28. The maximum absolute atomic E-state index is 14.6. The topological polar surface area (TPSA) is 80.6 Å². The molecule has 1 N–H and O–H groups in total. The summed E-state index contributed by atoms with van der Waals surface area (Å²) < 4.78 is 49.1. The van der Waals surface area contributed by atoms with Crippen LogP contribution in [0.15, 0.2) is 65.6 Å². The van der Waals surface area contributed by atoms with Crippen LogP contribution in [0.4, 0.5) is 10.1 Å². The van der Waals surface area contributed by atoms with Crippen LogP contribution in [0.3, 0.4) is 0 Å². The largest absolute Gasteiger partial charge is 0.379 e. The van der Waals surface area contributed by atoms with E-state index in [0.717, 1.165) is 40.5 Å². The molecule has 0 aliphatic carbocycles. The number of carbonyl (C=O) groups excluding carboxylic acids is 1. The molecule has 1 aliphatic heterocycles. The molecule has 5 rings (SSSR count). The Labute approximate surface area is 196 Å². The molecule has 3 aromatic carbocycles. The fraction of sp³-hybridized carbons (Fsp3) is 0.240. The predicted octanol–water partition coefficient (Wildman–Crippen LogP) is 4.23. The number of morpholine rings is 1. The molecule has 34 heavy (non-hydrogen) atoms. The quantitative estimate of drug-likeness (QED) is 0.463. The third kappa shape index (κ3) is 3.85. The predicted molar refractivity (Wildman–Crippen MR) is 129 cm³/mol. The summed E-state index contributed by atoms with van der Waals surface area (Å²) >= 11 is 0. The minimum absolute atomic E-state index is 0.123. The molecule has 0 unspecified atom stereocenters. The van der Waals surface area contributed by atoms with Gasteiger partial charge in [-0.3, -0.25) is 4.79 Å². The summed E-state index contributed by atoms with van der Waals surface area (Å²) in [6.45, 7) is 3.89. The van der Waals surface area contributed by atoms with Crippen molar-refractivity contribution in [1.82, 2.24) is 8.87 Å². The van der Waals surface area contributed by atoms with Crippen LogP contribution < -0.4 is 5.32 Å². The van der Waals surface area contributed by atoms with Gasteiger partial charge < -0.3 is 14.6 Å². The molecule has 9 heteroatoms. The average Bonchev–Trinajstić information content (AvgIpc) is 3.17. The normalized spacial score (nSPS) is 15.1. The zero-order valence-electron chi connectivity index (χ0n) is 18.6. The Morgan fingerprint density at radius 2 is 1.74 bits per heavy atom. The van der Waals surface area contributed by atoms with Crippen LogP contribution in [0.1, 0.15) is 17.3 Å². The van der Waals surface area contributed by atoms with Gasteiger partial charge in [-0.15, -0.1) is 0 Å². The van der Waals surface area contributed by atoms with Crippen LogP contribution >= 0.6 is 0 Å². The molecule has 2 heterocycles. The molecule has 1 amide bonds. The maximum Gasteiger partial charge on any atom is 0.258 e. The molecule has 7 nitrogen and oxygen atoms in total. The van der Waals surface area contributed by atoms with Gasteiger partial charge in [0, 0.05) is 47.1 Å². The Hall–Kier alpha value is -3.27. The highest BCUT2D eigenvalue weighted by Crippen LogP contribution is 2.31. The number of carbonyl (C=O) groups is 1. The number of nitrogens with one attached hydrogen (secondary N) is 1. The van der Waals surface area contributed by atoms with Crippen molar-refractivity contribution in [2.24, 2.45) is 0 Å². The fourth-order valence-corrected chi connectivity index (χ4v) is 5.88. The Morgan fingerprint density at radius 1 is 1.00 bits per heavy atom. The molecule has 1 saturated heterocycles. The Balaban J connectivity index is 1.47. The van der Waals surface area contributed by atoms with Crippen molar-refractivity contribution in [3.05, 3.63) is 72.0 Å². The molecule has 0 atom stereocenters. The number of sulfonamides is 1. The standard InChI is InChI=1S/C25H24FN3O4S/c1-2-29-23-6-4-3-5-19(23)20-15-17(7-10-24(20)29)27-25(30)21-16-18(8-9-22(21)26)34(31,32)28-11-13-33-14-12-28/h3-10,15-16H,2,11-14H2,1H3,(H,27,30). The van der Waals surface area contributed by atoms with Crippen molar-refractivity contribution >= 4 is 43.4 Å². The second kappa shape index (κ2) is 8.83. The molecule has 0 radical (unpaired) electrons. The Morgan fingerprint density at radius 3 is 2.50 bits per heavy atom. The number of hydrogen-bond acceptors (Lipinski definition) is 4. The number of anilines is 1. The van der Waals surface area contributed by atoms with Crippen molar-refractivity contribution < 1.29 is 22.3 Å². The number of nitrogens with zero attached hydrogens (tertiary/aromatic N) is 2. The van der Waals surface area contributed by atoms with Crippen molar-refractivity contribution in [1.29, 1.82) is 0 Å². The summed E-state index contributed by atoms with van der Waals surface area (Å²) in [4.78, 5) is 12.8. The third-order valence-corrected chi connectivity index (χ3v) is 8.03. The Kier molecular flexibility index (Phi) is 5.85. The van der Waals surface area contributed by atoms with E-state index in [1.165, 1.54) is 10.4 Å². The molecule has 0 spiro atoms. The SMILES string of the molecule is CCn1c2ccccc2c2cc(NC(=O)c3cc(S(=O)(=O)N4CCOCC4)ccc3F)ccc21. The number of hydrogen-bond donors (Lipinski definition) is 1. The minimum atomic E-state index is -3.86. The molecule has 1 aliphatic rings. The van der Waals surface area contributed by atoms with Crippen LogP contribution in [-0.4, -0.2) is 49.5 Å². The third-order valence-electron chi connectivity index (χ3n) is 6.14. The van der Waals surface area contributed by atoms with E-state index < -0.39 is 21.7 Å². The summed E-state index contributed by atoms with van der Waals surface area (Å²) in [5, 5.41) is 4.75. The average molecular weight is 482 g/mol. The number of amides is 1. The van der Waals surface area contributed by atoms with Crippen molar-refractivity contribution in [3.8, 4) is 0 Å². The van der Waals surface area contributed by atoms with E-state index in [2.05, 4.69) is 16.8 Å². The van der Waals surface area contributed by atoms with E-state index in [1.54, 1.807) is 6.07 Å². The van der Waals surface area contributed by atoms with E-state index >= 15 is 0 Å². The summed E-state index contributed by atoms with van der Waals surface area (Å²) in [6, 6.07) is 16.8. The highest BCUT2D eigenvalue weighted by atomic mass is 32.2.